The van der Waals surface area contributed by atoms with E-state index in [9.17, 15) is 13.2 Å². The number of amidine groups is 1. The zero-order valence-electron chi connectivity index (χ0n) is 8.74. The summed E-state index contributed by atoms with van der Waals surface area (Å²) in [6.07, 6.45) is -4.27. The fourth-order valence-corrected chi connectivity index (χ4v) is 1.09. The number of hydrogen-bond acceptors (Lipinski definition) is 3. The molecule has 3 N–H and O–H groups in total. The number of alkyl halides is 3. The molecule has 0 bridgehead atoms. The van der Waals surface area contributed by atoms with Gasteiger partial charge in [-0.2, -0.15) is 13.2 Å². The van der Waals surface area contributed by atoms with Gasteiger partial charge in [-0.25, -0.2) is 0 Å². The fourth-order valence-electron chi connectivity index (χ4n) is 1.09. The molecule has 0 aromatic heterocycles. The maximum atomic E-state index is 12.3. The highest BCUT2D eigenvalue weighted by Crippen LogP contribution is 2.31. The molecule has 0 radical (unpaired) electrons. The van der Waals surface area contributed by atoms with E-state index in [0.29, 0.717) is 0 Å². The second-order valence-corrected chi connectivity index (χ2v) is 3.22. The largest absolute Gasteiger partial charge is 0.493 e. The SMILES string of the molecule is N/C(CCOc1cccc(C(F)(F)F)c1)=N\O. The van der Waals surface area contributed by atoms with Gasteiger partial charge in [0.05, 0.1) is 12.2 Å². The van der Waals surface area contributed by atoms with Crippen molar-refractivity contribution < 1.29 is 23.1 Å². The highest BCUT2D eigenvalue weighted by Gasteiger charge is 2.30. The first-order valence-corrected chi connectivity index (χ1v) is 4.70. The molecule has 0 unspecified atom stereocenters. The molecular formula is C10H11F3N2O2. The van der Waals surface area contributed by atoms with Gasteiger partial charge < -0.3 is 15.7 Å². The van der Waals surface area contributed by atoms with Crippen molar-refractivity contribution in [3.05, 3.63) is 29.8 Å². The van der Waals surface area contributed by atoms with Crippen molar-refractivity contribution >= 4 is 5.84 Å². The van der Waals surface area contributed by atoms with Crippen LogP contribution in [0.25, 0.3) is 0 Å². The van der Waals surface area contributed by atoms with Crippen LogP contribution >= 0.6 is 0 Å². The summed E-state index contributed by atoms with van der Waals surface area (Å²) in [5.41, 5.74) is 4.40. The Hall–Kier alpha value is -1.92. The number of hydrogen-bond donors (Lipinski definition) is 2. The summed E-state index contributed by atoms with van der Waals surface area (Å²) < 4.78 is 42.1. The van der Waals surface area contributed by atoms with Gasteiger partial charge in [-0.3, -0.25) is 0 Å². The molecule has 0 atom stereocenters. The Morgan fingerprint density at radius 1 is 1.41 bits per heavy atom. The number of ether oxygens (including phenoxy) is 1. The molecule has 0 heterocycles. The first-order valence-electron chi connectivity index (χ1n) is 4.70. The molecule has 0 aliphatic heterocycles. The van der Waals surface area contributed by atoms with Crippen LogP contribution in [0.15, 0.2) is 29.4 Å². The summed E-state index contributed by atoms with van der Waals surface area (Å²) in [5, 5.41) is 11.0. The van der Waals surface area contributed by atoms with Crippen LogP contribution in [0.4, 0.5) is 13.2 Å². The van der Waals surface area contributed by atoms with E-state index in [1.807, 2.05) is 0 Å². The van der Waals surface area contributed by atoms with Crippen LogP contribution in [-0.2, 0) is 6.18 Å². The lowest BCUT2D eigenvalue weighted by Gasteiger charge is -2.09. The molecule has 0 amide bonds. The summed E-state index contributed by atoms with van der Waals surface area (Å²) >= 11 is 0. The van der Waals surface area contributed by atoms with E-state index < -0.39 is 11.7 Å². The molecule has 1 aromatic rings. The third-order valence-electron chi connectivity index (χ3n) is 1.92. The van der Waals surface area contributed by atoms with Gasteiger partial charge in [-0.1, -0.05) is 11.2 Å². The summed E-state index contributed by atoms with van der Waals surface area (Å²) in [6, 6.07) is 4.51. The zero-order valence-corrected chi connectivity index (χ0v) is 8.74. The van der Waals surface area contributed by atoms with Crippen molar-refractivity contribution in [3.8, 4) is 5.75 Å². The van der Waals surface area contributed by atoms with Crippen LogP contribution in [0.1, 0.15) is 12.0 Å². The third kappa shape index (κ3) is 4.21. The van der Waals surface area contributed by atoms with Crippen molar-refractivity contribution in [2.45, 2.75) is 12.6 Å². The Labute approximate surface area is 95.5 Å². The molecule has 4 nitrogen and oxygen atoms in total. The van der Waals surface area contributed by atoms with Crippen LogP contribution in [0.5, 0.6) is 5.75 Å². The lowest BCUT2D eigenvalue weighted by atomic mass is 10.2. The Kier molecular flexibility index (Phi) is 4.19. The van der Waals surface area contributed by atoms with E-state index >= 15 is 0 Å². The summed E-state index contributed by atoms with van der Waals surface area (Å²) in [6.45, 7) is 0.0389. The van der Waals surface area contributed by atoms with Gasteiger partial charge in [-0.15, -0.1) is 0 Å². The molecule has 0 spiro atoms. The van der Waals surface area contributed by atoms with E-state index in [0.717, 1.165) is 12.1 Å². The molecule has 0 saturated heterocycles. The average Bonchev–Trinajstić information content (AvgIpc) is 2.28. The van der Waals surface area contributed by atoms with Crippen molar-refractivity contribution in [1.82, 2.24) is 0 Å². The van der Waals surface area contributed by atoms with Gasteiger partial charge in [0.15, 0.2) is 0 Å². The number of nitrogens with zero attached hydrogens (tertiary/aromatic N) is 1. The number of oxime groups is 1. The molecule has 0 fully saturated rings. The average molecular weight is 248 g/mol. The number of nitrogens with two attached hydrogens (primary N) is 1. The van der Waals surface area contributed by atoms with E-state index in [4.69, 9.17) is 15.7 Å². The first kappa shape index (κ1) is 13.1. The van der Waals surface area contributed by atoms with Gasteiger partial charge >= 0.3 is 6.18 Å². The monoisotopic (exact) mass is 248 g/mol. The molecule has 0 aliphatic carbocycles. The quantitative estimate of drug-likeness (QED) is 0.371. The number of rotatable bonds is 4. The van der Waals surface area contributed by atoms with Crippen LogP contribution < -0.4 is 10.5 Å². The molecular weight excluding hydrogens is 237 g/mol. The molecule has 7 heteroatoms. The Bertz CT molecular complexity index is 405. The predicted molar refractivity (Wildman–Crippen MR) is 55.0 cm³/mol. The molecule has 1 aromatic carbocycles. The summed E-state index contributed by atoms with van der Waals surface area (Å²) in [5.74, 6) is 0.0440. The minimum atomic E-state index is -4.40. The van der Waals surface area contributed by atoms with Crippen molar-refractivity contribution in [3.63, 3.8) is 0 Å². The summed E-state index contributed by atoms with van der Waals surface area (Å²) in [4.78, 5) is 0. The maximum absolute atomic E-state index is 12.3. The Morgan fingerprint density at radius 2 is 2.12 bits per heavy atom. The van der Waals surface area contributed by atoms with Crippen molar-refractivity contribution in [2.24, 2.45) is 10.9 Å². The van der Waals surface area contributed by atoms with Gasteiger partial charge in [0.1, 0.15) is 11.6 Å². The molecule has 1 rings (SSSR count). The van der Waals surface area contributed by atoms with Crippen LogP contribution in [-0.4, -0.2) is 17.6 Å². The summed E-state index contributed by atoms with van der Waals surface area (Å²) in [7, 11) is 0. The molecule has 94 valence electrons. The highest BCUT2D eigenvalue weighted by molar-refractivity contribution is 5.79. The maximum Gasteiger partial charge on any atom is 0.416 e. The minimum absolute atomic E-state index is 0.0389. The number of halogens is 3. The van der Waals surface area contributed by atoms with E-state index in [1.165, 1.54) is 12.1 Å². The smallest absolute Gasteiger partial charge is 0.416 e. The highest BCUT2D eigenvalue weighted by atomic mass is 19.4. The predicted octanol–water partition coefficient (Wildman–Crippen LogP) is 2.22. The topological polar surface area (TPSA) is 67.8 Å². The van der Waals surface area contributed by atoms with Gasteiger partial charge in [0, 0.05) is 6.42 Å². The molecule has 0 saturated carbocycles. The number of benzene rings is 1. The van der Waals surface area contributed by atoms with Crippen LogP contribution in [0.3, 0.4) is 0 Å². The Morgan fingerprint density at radius 3 is 2.71 bits per heavy atom. The third-order valence-corrected chi connectivity index (χ3v) is 1.92. The van der Waals surface area contributed by atoms with Crippen molar-refractivity contribution in [2.75, 3.05) is 6.61 Å². The second-order valence-electron chi connectivity index (χ2n) is 3.22. The standard InChI is InChI=1S/C10H11F3N2O2/c11-10(12,13)7-2-1-3-8(6-7)17-5-4-9(14)15-16/h1-3,6,16H,4-5H2,(H2,14,15). The van der Waals surface area contributed by atoms with Crippen LogP contribution in [0.2, 0.25) is 0 Å². The molecule has 17 heavy (non-hydrogen) atoms. The Balaban J connectivity index is 2.61. The lowest BCUT2D eigenvalue weighted by Crippen LogP contribution is -2.15. The van der Waals surface area contributed by atoms with E-state index in [-0.39, 0.29) is 24.6 Å². The van der Waals surface area contributed by atoms with E-state index in [2.05, 4.69) is 5.16 Å². The van der Waals surface area contributed by atoms with E-state index in [1.54, 1.807) is 0 Å². The van der Waals surface area contributed by atoms with Gasteiger partial charge in [0.25, 0.3) is 0 Å². The van der Waals surface area contributed by atoms with Crippen molar-refractivity contribution in [1.29, 1.82) is 0 Å². The lowest BCUT2D eigenvalue weighted by molar-refractivity contribution is -0.137. The second kappa shape index (κ2) is 5.42. The molecule has 0 aliphatic rings. The minimum Gasteiger partial charge on any atom is -0.493 e. The zero-order chi connectivity index (χ0) is 12.9. The fraction of sp³-hybridized carbons (Fsp3) is 0.300. The van der Waals surface area contributed by atoms with Gasteiger partial charge in [-0.05, 0) is 18.2 Å². The van der Waals surface area contributed by atoms with Crippen LogP contribution in [0, 0.1) is 0 Å². The normalized spacial score (nSPS) is 12.5. The van der Waals surface area contributed by atoms with Gasteiger partial charge in [0.2, 0.25) is 0 Å². The first-order chi connectivity index (χ1) is 7.93.